The summed E-state index contributed by atoms with van der Waals surface area (Å²) in [6.07, 6.45) is 0. The van der Waals surface area contributed by atoms with Crippen LogP contribution < -0.4 is 0 Å². The summed E-state index contributed by atoms with van der Waals surface area (Å²) < 4.78 is 6.12. The Morgan fingerprint density at radius 1 is 1.70 bits per heavy atom. The summed E-state index contributed by atoms with van der Waals surface area (Å²) in [5.41, 5.74) is 0. The van der Waals surface area contributed by atoms with Gasteiger partial charge in [-0.05, 0) is 29.5 Å². The van der Waals surface area contributed by atoms with E-state index < -0.39 is 0 Å². The van der Waals surface area contributed by atoms with E-state index in [-0.39, 0.29) is 5.78 Å². The van der Waals surface area contributed by atoms with Crippen LogP contribution in [0, 0.1) is 10.5 Å². The Bertz CT molecular complexity index is 243. The summed E-state index contributed by atoms with van der Waals surface area (Å²) >= 11 is 2.13. The van der Waals surface area contributed by atoms with Gasteiger partial charge in [-0.25, -0.2) is 0 Å². The van der Waals surface area contributed by atoms with Crippen molar-refractivity contribution in [2.75, 3.05) is 0 Å². The van der Waals surface area contributed by atoms with Crippen LogP contribution in [0.4, 0.5) is 0 Å². The molecule has 0 N–H and O–H groups in total. The molecule has 0 aromatic carbocycles. The quantitative estimate of drug-likeness (QED) is 0.565. The molecule has 0 unspecified atom stereocenters. The zero-order valence-electron chi connectivity index (χ0n) is 5.77. The molecule has 0 amide bonds. The molecule has 0 radical (unpaired) electrons. The Morgan fingerprint density at radius 3 is 2.50 bits per heavy atom. The van der Waals surface area contributed by atoms with E-state index in [2.05, 4.69) is 22.6 Å². The average Bonchev–Trinajstić information content (AvgIpc) is 2.13. The number of hydrogen-bond donors (Lipinski definition) is 0. The highest BCUT2D eigenvalue weighted by molar-refractivity contribution is 14.1. The van der Waals surface area contributed by atoms with Crippen molar-refractivity contribution in [3.05, 3.63) is 21.2 Å². The van der Waals surface area contributed by atoms with E-state index >= 15 is 0 Å². The van der Waals surface area contributed by atoms with Crippen molar-refractivity contribution in [3.63, 3.8) is 0 Å². The molecule has 0 fully saturated rings. The van der Waals surface area contributed by atoms with Crippen LogP contribution in [0.1, 0.15) is 23.2 Å². The molecule has 0 aliphatic rings. The molecule has 0 aliphatic heterocycles. The van der Waals surface area contributed by atoms with Crippen LogP contribution in [0.25, 0.3) is 0 Å². The number of carbonyl (C=O) groups excluding carboxylic acids is 1. The van der Waals surface area contributed by atoms with E-state index in [1.807, 2.05) is 6.92 Å². The average molecular weight is 250 g/mol. The predicted octanol–water partition coefficient (Wildman–Crippen LogP) is 2.40. The van der Waals surface area contributed by atoms with Crippen molar-refractivity contribution in [3.8, 4) is 0 Å². The van der Waals surface area contributed by atoms with Crippen LogP contribution in [0.2, 0.25) is 0 Å². The Morgan fingerprint density at radius 2 is 2.30 bits per heavy atom. The second kappa shape index (κ2) is 2.74. The molecule has 0 atom stereocenters. The van der Waals surface area contributed by atoms with Gasteiger partial charge in [0.25, 0.3) is 0 Å². The van der Waals surface area contributed by atoms with Crippen molar-refractivity contribution in [1.82, 2.24) is 0 Å². The first-order chi connectivity index (χ1) is 4.61. The molecule has 1 heterocycles. The fourth-order valence-electron chi connectivity index (χ4n) is 0.633. The maximum atomic E-state index is 10.7. The Kier molecular flexibility index (Phi) is 2.13. The number of furan rings is 1. The van der Waals surface area contributed by atoms with Gasteiger partial charge in [0.2, 0.25) is 0 Å². The number of aryl methyl sites for hydroxylation is 1. The lowest BCUT2D eigenvalue weighted by Gasteiger charge is -1.83. The van der Waals surface area contributed by atoms with Crippen molar-refractivity contribution >= 4 is 28.4 Å². The van der Waals surface area contributed by atoms with E-state index in [4.69, 9.17) is 4.42 Å². The molecule has 10 heavy (non-hydrogen) atoms. The van der Waals surface area contributed by atoms with Gasteiger partial charge in [0.15, 0.2) is 11.5 Å². The molecule has 0 aliphatic carbocycles. The molecule has 0 bridgehead atoms. The van der Waals surface area contributed by atoms with Crippen LogP contribution in [0.3, 0.4) is 0 Å². The highest BCUT2D eigenvalue weighted by Crippen LogP contribution is 2.16. The molecule has 2 nitrogen and oxygen atoms in total. The van der Waals surface area contributed by atoms with Gasteiger partial charge in [0.05, 0.1) is 3.57 Å². The minimum absolute atomic E-state index is 0.0222. The smallest absolute Gasteiger partial charge is 0.194 e. The van der Waals surface area contributed by atoms with Crippen LogP contribution in [-0.2, 0) is 0 Å². The van der Waals surface area contributed by atoms with Crippen LogP contribution in [-0.4, -0.2) is 5.78 Å². The molecule has 54 valence electrons. The van der Waals surface area contributed by atoms with Crippen molar-refractivity contribution < 1.29 is 9.21 Å². The number of rotatable bonds is 1. The molecular formula is C7H7IO2. The minimum atomic E-state index is -0.0222. The zero-order valence-corrected chi connectivity index (χ0v) is 7.93. The maximum absolute atomic E-state index is 10.7. The number of hydrogen-bond acceptors (Lipinski definition) is 2. The number of Topliss-reactive ketones (excluding diaryl/α,β-unsaturated/α-hetero) is 1. The second-order valence-corrected chi connectivity index (χ2v) is 3.23. The number of halogens is 1. The summed E-state index contributed by atoms with van der Waals surface area (Å²) in [4.78, 5) is 10.7. The summed E-state index contributed by atoms with van der Waals surface area (Å²) in [5, 5.41) is 0. The van der Waals surface area contributed by atoms with Gasteiger partial charge in [-0.1, -0.05) is 0 Å². The van der Waals surface area contributed by atoms with Crippen LogP contribution in [0.15, 0.2) is 10.5 Å². The third-order valence-corrected chi connectivity index (χ3v) is 2.28. The lowest BCUT2D eigenvalue weighted by atomic mass is 10.3. The lowest BCUT2D eigenvalue weighted by Crippen LogP contribution is -1.85. The maximum Gasteiger partial charge on any atom is 0.194 e. The van der Waals surface area contributed by atoms with E-state index in [0.717, 1.165) is 9.33 Å². The lowest BCUT2D eigenvalue weighted by molar-refractivity contribution is 0.0986. The van der Waals surface area contributed by atoms with Crippen LogP contribution in [0.5, 0.6) is 0 Å². The number of carbonyl (C=O) groups is 1. The summed E-state index contributed by atoms with van der Waals surface area (Å²) in [5.74, 6) is 1.23. The fourth-order valence-corrected chi connectivity index (χ4v) is 1.03. The fraction of sp³-hybridized carbons (Fsp3) is 0.286. The first-order valence-electron chi connectivity index (χ1n) is 2.88. The zero-order chi connectivity index (χ0) is 7.72. The minimum Gasteiger partial charge on any atom is -0.457 e. The van der Waals surface area contributed by atoms with E-state index in [9.17, 15) is 4.79 Å². The van der Waals surface area contributed by atoms with Gasteiger partial charge in [-0.2, -0.15) is 0 Å². The van der Waals surface area contributed by atoms with Gasteiger partial charge in [0, 0.05) is 13.0 Å². The molecular weight excluding hydrogens is 243 g/mol. The molecule has 0 spiro atoms. The standard InChI is InChI=1S/C7H7IO2/c1-4(9)7-3-6(8)5(2)10-7/h3H,1-2H3. The normalized spacial score (nSPS) is 9.90. The first-order valence-corrected chi connectivity index (χ1v) is 3.96. The molecule has 1 rings (SSSR count). The van der Waals surface area contributed by atoms with E-state index in [1.54, 1.807) is 6.07 Å². The van der Waals surface area contributed by atoms with Crippen molar-refractivity contribution in [2.24, 2.45) is 0 Å². The summed E-state index contributed by atoms with van der Waals surface area (Å²) in [7, 11) is 0. The van der Waals surface area contributed by atoms with Gasteiger partial charge in [0.1, 0.15) is 5.76 Å². The molecule has 0 saturated carbocycles. The number of ketones is 1. The largest absolute Gasteiger partial charge is 0.457 e. The summed E-state index contributed by atoms with van der Waals surface area (Å²) in [6, 6.07) is 1.75. The second-order valence-electron chi connectivity index (χ2n) is 2.07. The van der Waals surface area contributed by atoms with Gasteiger partial charge >= 0.3 is 0 Å². The highest BCUT2D eigenvalue weighted by atomic mass is 127. The SMILES string of the molecule is CC(=O)c1cc(I)c(C)o1. The van der Waals surface area contributed by atoms with Crippen LogP contribution >= 0.6 is 22.6 Å². The Balaban J connectivity index is 3.10. The van der Waals surface area contributed by atoms with Crippen molar-refractivity contribution in [2.45, 2.75) is 13.8 Å². The first kappa shape index (κ1) is 7.78. The van der Waals surface area contributed by atoms with E-state index in [0.29, 0.717) is 5.76 Å². The van der Waals surface area contributed by atoms with E-state index in [1.165, 1.54) is 6.92 Å². The third kappa shape index (κ3) is 1.39. The summed E-state index contributed by atoms with van der Waals surface area (Å²) in [6.45, 7) is 3.34. The third-order valence-electron chi connectivity index (χ3n) is 1.20. The Labute approximate surface area is 72.7 Å². The topological polar surface area (TPSA) is 30.2 Å². The van der Waals surface area contributed by atoms with Gasteiger partial charge in [-0.15, -0.1) is 0 Å². The molecule has 3 heteroatoms. The van der Waals surface area contributed by atoms with Gasteiger partial charge < -0.3 is 4.42 Å². The highest BCUT2D eigenvalue weighted by Gasteiger charge is 2.07. The molecule has 1 aromatic heterocycles. The predicted molar refractivity (Wildman–Crippen MR) is 46.2 cm³/mol. The molecule has 0 saturated heterocycles. The molecule has 1 aromatic rings. The Hall–Kier alpha value is -0.320. The van der Waals surface area contributed by atoms with Crippen molar-refractivity contribution in [1.29, 1.82) is 0 Å². The van der Waals surface area contributed by atoms with Gasteiger partial charge in [-0.3, -0.25) is 4.79 Å². The monoisotopic (exact) mass is 250 g/mol.